The summed E-state index contributed by atoms with van der Waals surface area (Å²) in [5, 5.41) is 10.1. The summed E-state index contributed by atoms with van der Waals surface area (Å²) < 4.78 is 4.38. The number of benzene rings is 2. The predicted molar refractivity (Wildman–Crippen MR) is 143 cm³/mol. The average molecular weight is 542 g/mol. The quantitative estimate of drug-likeness (QED) is 0.399. The van der Waals surface area contributed by atoms with E-state index in [9.17, 15) is 14.4 Å². The maximum Gasteiger partial charge on any atom is 0.332 e. The zero-order chi connectivity index (χ0) is 26.3. The molecule has 192 valence electrons. The molecule has 11 heteroatoms. The second kappa shape index (κ2) is 10.2. The SMILES string of the molecule is Cn1c(=O)c2c(nc(-c3ccccc3Cl)n2-c2ccc(Cl)cc2)n(CC2CCN(CC(=O)O)CC2)c1=O. The maximum absolute atomic E-state index is 13.5. The molecule has 4 aromatic rings. The van der Waals surface area contributed by atoms with Crippen LogP contribution in [0.15, 0.2) is 58.1 Å². The van der Waals surface area contributed by atoms with Crippen LogP contribution < -0.4 is 11.2 Å². The molecular weight excluding hydrogens is 517 g/mol. The highest BCUT2D eigenvalue weighted by molar-refractivity contribution is 6.33. The van der Waals surface area contributed by atoms with Gasteiger partial charge in [0.1, 0.15) is 5.82 Å². The van der Waals surface area contributed by atoms with E-state index in [0.717, 1.165) is 17.4 Å². The monoisotopic (exact) mass is 541 g/mol. The number of carboxylic acids is 1. The van der Waals surface area contributed by atoms with Crippen molar-refractivity contribution in [2.45, 2.75) is 19.4 Å². The number of carboxylic acid groups (broad SMARTS) is 1. The van der Waals surface area contributed by atoms with Gasteiger partial charge in [0.05, 0.1) is 11.6 Å². The van der Waals surface area contributed by atoms with E-state index in [-0.39, 0.29) is 23.6 Å². The zero-order valence-electron chi connectivity index (χ0n) is 20.1. The molecule has 37 heavy (non-hydrogen) atoms. The summed E-state index contributed by atoms with van der Waals surface area (Å²) in [6.45, 7) is 1.63. The first-order chi connectivity index (χ1) is 17.7. The van der Waals surface area contributed by atoms with Gasteiger partial charge >= 0.3 is 11.7 Å². The molecule has 1 N–H and O–H groups in total. The highest BCUT2D eigenvalue weighted by Gasteiger charge is 2.26. The van der Waals surface area contributed by atoms with Gasteiger partial charge in [-0.3, -0.25) is 28.2 Å². The van der Waals surface area contributed by atoms with Gasteiger partial charge in [-0.05, 0) is 68.2 Å². The van der Waals surface area contributed by atoms with Crippen molar-refractivity contribution >= 4 is 40.3 Å². The molecular formula is C26H25Cl2N5O4. The van der Waals surface area contributed by atoms with Crippen LogP contribution in [-0.2, 0) is 18.4 Å². The summed E-state index contributed by atoms with van der Waals surface area (Å²) in [5.74, 6) is -0.280. The highest BCUT2D eigenvalue weighted by Crippen LogP contribution is 2.32. The third kappa shape index (κ3) is 4.82. The number of hydrogen-bond acceptors (Lipinski definition) is 5. The Morgan fingerprint density at radius 1 is 1.05 bits per heavy atom. The second-order valence-corrected chi connectivity index (χ2v) is 10.1. The highest BCUT2D eigenvalue weighted by atomic mass is 35.5. The number of halogens is 2. The summed E-state index contributed by atoms with van der Waals surface area (Å²) in [6.07, 6.45) is 1.47. The summed E-state index contributed by atoms with van der Waals surface area (Å²) in [5.41, 5.74) is 0.920. The van der Waals surface area contributed by atoms with Gasteiger partial charge in [-0.15, -0.1) is 0 Å². The van der Waals surface area contributed by atoms with E-state index in [0.29, 0.717) is 46.8 Å². The van der Waals surface area contributed by atoms with Crippen molar-refractivity contribution in [1.29, 1.82) is 0 Å². The second-order valence-electron chi connectivity index (χ2n) is 9.27. The Hall–Kier alpha value is -3.40. The molecule has 1 aliphatic rings. The lowest BCUT2D eigenvalue weighted by molar-refractivity contribution is -0.138. The number of likely N-dealkylation sites (tertiary alicyclic amines) is 1. The Bertz CT molecular complexity index is 1600. The number of aliphatic carboxylic acids is 1. The van der Waals surface area contributed by atoms with E-state index >= 15 is 0 Å². The van der Waals surface area contributed by atoms with Crippen LogP contribution in [0.3, 0.4) is 0 Å². The Kier molecular flexibility index (Phi) is 6.94. The van der Waals surface area contributed by atoms with E-state index in [2.05, 4.69) is 0 Å². The van der Waals surface area contributed by atoms with E-state index in [1.807, 2.05) is 23.1 Å². The summed E-state index contributed by atoms with van der Waals surface area (Å²) in [7, 11) is 1.46. The van der Waals surface area contributed by atoms with Crippen LogP contribution in [-0.4, -0.2) is 54.3 Å². The Labute approximate surface area is 222 Å². The maximum atomic E-state index is 13.5. The number of carbonyl (C=O) groups is 1. The smallest absolute Gasteiger partial charge is 0.332 e. The third-order valence-corrected chi connectivity index (χ3v) is 7.43. The van der Waals surface area contributed by atoms with Crippen molar-refractivity contribution in [3.05, 3.63) is 79.4 Å². The van der Waals surface area contributed by atoms with E-state index in [4.69, 9.17) is 33.3 Å². The molecule has 0 radical (unpaired) electrons. The van der Waals surface area contributed by atoms with Crippen LogP contribution in [0.25, 0.3) is 28.2 Å². The van der Waals surface area contributed by atoms with Gasteiger partial charge in [-0.1, -0.05) is 35.3 Å². The minimum atomic E-state index is -0.853. The number of piperidine rings is 1. The minimum absolute atomic E-state index is 0.00342. The largest absolute Gasteiger partial charge is 0.480 e. The average Bonchev–Trinajstić information content (AvgIpc) is 3.27. The molecule has 0 aliphatic carbocycles. The number of hydrogen-bond donors (Lipinski definition) is 1. The van der Waals surface area contributed by atoms with Gasteiger partial charge in [0.2, 0.25) is 0 Å². The topological polar surface area (TPSA) is 102 Å². The van der Waals surface area contributed by atoms with Gasteiger partial charge < -0.3 is 5.11 Å². The van der Waals surface area contributed by atoms with Crippen molar-refractivity contribution in [2.75, 3.05) is 19.6 Å². The number of rotatable bonds is 6. The lowest BCUT2D eigenvalue weighted by Gasteiger charge is -2.31. The van der Waals surface area contributed by atoms with Crippen LogP contribution in [0.2, 0.25) is 10.0 Å². The minimum Gasteiger partial charge on any atom is -0.480 e. The van der Waals surface area contributed by atoms with Crippen LogP contribution in [0.5, 0.6) is 0 Å². The van der Waals surface area contributed by atoms with Gasteiger partial charge in [0.15, 0.2) is 11.2 Å². The van der Waals surface area contributed by atoms with E-state index < -0.39 is 17.2 Å². The van der Waals surface area contributed by atoms with Crippen LogP contribution >= 0.6 is 23.2 Å². The molecule has 0 bridgehead atoms. The number of imidazole rings is 1. The summed E-state index contributed by atoms with van der Waals surface area (Å²) in [6, 6.07) is 14.2. The number of aromatic nitrogens is 4. The molecule has 0 amide bonds. The van der Waals surface area contributed by atoms with Gasteiger partial charge in [0, 0.05) is 29.9 Å². The predicted octanol–water partition coefficient (Wildman–Crippen LogP) is 3.66. The molecule has 0 spiro atoms. The molecule has 5 rings (SSSR count). The van der Waals surface area contributed by atoms with E-state index in [1.54, 1.807) is 39.5 Å². The Morgan fingerprint density at radius 3 is 2.38 bits per heavy atom. The normalized spacial score (nSPS) is 14.9. The summed E-state index contributed by atoms with van der Waals surface area (Å²) >= 11 is 12.7. The van der Waals surface area contributed by atoms with Crippen LogP contribution in [0, 0.1) is 5.92 Å². The molecule has 0 unspecified atom stereocenters. The standard InChI is InChI=1S/C26H25Cl2N5O4/c1-30-25(36)22-24(32(26(30)37)14-16-10-12-31(13-11-16)15-21(34)35)29-23(19-4-2-3-5-20(19)28)33(22)18-8-6-17(27)7-9-18/h2-9,16H,10-15H2,1H3,(H,34,35). The molecule has 9 nitrogen and oxygen atoms in total. The van der Waals surface area contributed by atoms with Crippen LogP contribution in [0.1, 0.15) is 12.8 Å². The first-order valence-electron chi connectivity index (χ1n) is 11.9. The van der Waals surface area contributed by atoms with Crippen LogP contribution in [0.4, 0.5) is 0 Å². The lowest BCUT2D eigenvalue weighted by atomic mass is 9.96. The molecule has 2 aromatic heterocycles. The van der Waals surface area contributed by atoms with Crippen molar-refractivity contribution in [3.8, 4) is 17.1 Å². The van der Waals surface area contributed by atoms with Crippen molar-refractivity contribution in [3.63, 3.8) is 0 Å². The van der Waals surface area contributed by atoms with Crippen molar-refractivity contribution in [1.82, 2.24) is 23.6 Å². The fourth-order valence-corrected chi connectivity index (χ4v) is 5.26. The van der Waals surface area contributed by atoms with Gasteiger partial charge in [-0.25, -0.2) is 9.78 Å². The lowest BCUT2D eigenvalue weighted by Crippen LogP contribution is -2.42. The third-order valence-electron chi connectivity index (χ3n) is 6.85. The number of fused-ring (bicyclic) bond motifs is 1. The van der Waals surface area contributed by atoms with Crippen molar-refractivity contribution in [2.24, 2.45) is 13.0 Å². The molecule has 0 atom stereocenters. The number of nitrogens with zero attached hydrogens (tertiary/aromatic N) is 5. The summed E-state index contributed by atoms with van der Waals surface area (Å²) in [4.78, 5) is 44.6. The Morgan fingerprint density at radius 2 is 1.73 bits per heavy atom. The first kappa shape index (κ1) is 25.3. The fourth-order valence-electron chi connectivity index (χ4n) is 4.91. The van der Waals surface area contributed by atoms with Crippen molar-refractivity contribution < 1.29 is 9.90 Å². The zero-order valence-corrected chi connectivity index (χ0v) is 21.6. The van der Waals surface area contributed by atoms with E-state index in [1.165, 1.54) is 7.05 Å². The molecule has 0 saturated carbocycles. The molecule has 1 aliphatic heterocycles. The Balaban J connectivity index is 1.68. The molecule has 3 heterocycles. The first-order valence-corrected chi connectivity index (χ1v) is 12.7. The molecule has 2 aromatic carbocycles. The molecule has 1 saturated heterocycles. The fraction of sp³-hybridized carbons (Fsp3) is 0.308. The van der Waals surface area contributed by atoms with Gasteiger partial charge in [0.25, 0.3) is 5.56 Å². The molecule has 1 fully saturated rings. The van der Waals surface area contributed by atoms with Gasteiger partial charge in [-0.2, -0.15) is 0 Å².